The van der Waals surface area contributed by atoms with Crippen LogP contribution in [0.1, 0.15) is 18.5 Å². The first-order chi connectivity index (χ1) is 13.3. The molecule has 2 heterocycles. The molecule has 9 nitrogen and oxygen atoms in total. The third-order valence-corrected chi connectivity index (χ3v) is 5.08. The Kier molecular flexibility index (Phi) is 5.55. The van der Waals surface area contributed by atoms with E-state index in [2.05, 4.69) is 0 Å². The van der Waals surface area contributed by atoms with Gasteiger partial charge in [0.25, 0.3) is 0 Å². The molecule has 1 fully saturated rings. The van der Waals surface area contributed by atoms with Crippen molar-refractivity contribution >= 4 is 28.7 Å². The molecule has 0 spiro atoms. The Morgan fingerprint density at radius 2 is 1.82 bits per heavy atom. The van der Waals surface area contributed by atoms with Crippen LogP contribution in [0.25, 0.3) is 10.9 Å². The molecule has 2 N–H and O–H groups in total. The topological polar surface area (TPSA) is 112 Å². The number of carboxylic acids is 2. The van der Waals surface area contributed by atoms with Gasteiger partial charge >= 0.3 is 11.9 Å². The zero-order chi connectivity index (χ0) is 20.4. The van der Waals surface area contributed by atoms with Gasteiger partial charge < -0.3 is 24.4 Å². The van der Waals surface area contributed by atoms with E-state index in [0.717, 1.165) is 0 Å². The number of benzene rings is 1. The van der Waals surface area contributed by atoms with Gasteiger partial charge in [-0.15, -0.1) is 0 Å². The number of aliphatic carboxylic acids is 2. The zero-order valence-electron chi connectivity index (χ0n) is 15.8. The van der Waals surface area contributed by atoms with Crippen molar-refractivity contribution in [2.24, 2.45) is 0 Å². The summed E-state index contributed by atoms with van der Waals surface area (Å²) in [5.74, 6) is -1.50. The average Bonchev–Trinajstić information content (AvgIpc) is 2.98. The minimum Gasteiger partial charge on any atom is -0.497 e. The number of nitrogens with zero attached hydrogens (tertiary/aromatic N) is 3. The molecule has 1 aromatic heterocycles. The van der Waals surface area contributed by atoms with Crippen LogP contribution in [0.4, 0.5) is 0 Å². The number of carbonyl (C=O) groups excluding carboxylic acids is 1. The number of piperazine rings is 1. The molecule has 0 unspecified atom stereocenters. The van der Waals surface area contributed by atoms with Crippen molar-refractivity contribution in [2.45, 2.75) is 19.5 Å². The molecule has 0 aliphatic carbocycles. The number of methoxy groups -OCH3 is 1. The summed E-state index contributed by atoms with van der Waals surface area (Å²) in [4.78, 5) is 38.4. The fourth-order valence-electron chi connectivity index (χ4n) is 3.71. The summed E-state index contributed by atoms with van der Waals surface area (Å²) in [5.41, 5.74) is 1.14. The van der Waals surface area contributed by atoms with E-state index in [1.165, 1.54) is 18.6 Å². The molecule has 1 amide bonds. The van der Waals surface area contributed by atoms with Crippen LogP contribution in [0.3, 0.4) is 0 Å². The summed E-state index contributed by atoms with van der Waals surface area (Å²) >= 11 is 0. The lowest BCUT2D eigenvalue weighted by atomic mass is 10.0. The van der Waals surface area contributed by atoms with E-state index >= 15 is 0 Å². The van der Waals surface area contributed by atoms with Crippen LogP contribution in [-0.4, -0.2) is 75.7 Å². The molecule has 1 aliphatic heterocycles. The summed E-state index contributed by atoms with van der Waals surface area (Å²) in [6, 6.07) is 4.22. The molecule has 1 aromatic carbocycles. The van der Waals surface area contributed by atoms with Crippen molar-refractivity contribution in [3.8, 4) is 5.75 Å². The molecule has 3 rings (SSSR count). The lowest BCUT2D eigenvalue weighted by Crippen LogP contribution is -2.50. The summed E-state index contributed by atoms with van der Waals surface area (Å²) in [6.45, 7) is 2.98. The van der Waals surface area contributed by atoms with Gasteiger partial charge in [0, 0.05) is 55.8 Å². The molecule has 9 heteroatoms. The highest BCUT2D eigenvalue weighted by molar-refractivity contribution is 5.91. The highest BCUT2D eigenvalue weighted by Crippen LogP contribution is 2.33. The van der Waals surface area contributed by atoms with Gasteiger partial charge in [0.15, 0.2) is 0 Å². The predicted molar refractivity (Wildman–Crippen MR) is 100 cm³/mol. The van der Waals surface area contributed by atoms with Crippen LogP contribution in [0, 0.1) is 0 Å². The highest BCUT2D eigenvalue weighted by atomic mass is 16.5. The molecule has 1 saturated heterocycles. The Bertz CT molecular complexity index is 914. The normalized spacial score (nSPS) is 16.1. The van der Waals surface area contributed by atoms with E-state index in [1.807, 2.05) is 0 Å². The Morgan fingerprint density at radius 3 is 2.36 bits per heavy atom. The molecular formula is C19H23N3O6. The Morgan fingerprint density at radius 1 is 1.14 bits per heavy atom. The second-order valence-electron chi connectivity index (χ2n) is 6.77. The lowest BCUT2D eigenvalue weighted by Gasteiger charge is -2.37. The van der Waals surface area contributed by atoms with Gasteiger partial charge in [-0.05, 0) is 18.2 Å². The lowest BCUT2D eigenvalue weighted by molar-refractivity contribution is -0.145. The van der Waals surface area contributed by atoms with Gasteiger partial charge in [-0.1, -0.05) is 0 Å². The van der Waals surface area contributed by atoms with Gasteiger partial charge in [-0.2, -0.15) is 0 Å². The molecule has 0 bridgehead atoms. The van der Waals surface area contributed by atoms with Gasteiger partial charge in [0.2, 0.25) is 5.91 Å². The summed E-state index contributed by atoms with van der Waals surface area (Å²) in [5, 5.41) is 19.8. The number of rotatable bonds is 6. The van der Waals surface area contributed by atoms with Crippen LogP contribution in [-0.2, 0) is 20.9 Å². The Labute approximate surface area is 161 Å². The molecule has 28 heavy (non-hydrogen) atoms. The Balaban J connectivity index is 2.04. The van der Waals surface area contributed by atoms with E-state index < -0.39 is 18.0 Å². The molecule has 2 aromatic rings. The van der Waals surface area contributed by atoms with Crippen molar-refractivity contribution in [1.29, 1.82) is 0 Å². The average molecular weight is 389 g/mol. The fourth-order valence-corrected chi connectivity index (χ4v) is 3.71. The van der Waals surface area contributed by atoms with E-state index in [1.54, 1.807) is 34.2 Å². The van der Waals surface area contributed by atoms with E-state index in [9.17, 15) is 24.6 Å². The molecule has 1 aliphatic rings. The number of hydrogen-bond acceptors (Lipinski definition) is 5. The first-order valence-electron chi connectivity index (χ1n) is 8.92. The second-order valence-corrected chi connectivity index (χ2v) is 6.77. The standard InChI is InChI=1S/C19H23N3O6/c1-12(23)20-5-7-21(8-6-20)18(19(26)27)15-10-22(11-17(24)25)16-4-3-13(28-2)9-14(15)16/h3-4,9-10,18H,5-8,11H2,1-2H3,(H,24,25)(H,26,27)/t18-/m1/s1. The maximum absolute atomic E-state index is 12.2. The van der Waals surface area contributed by atoms with Gasteiger partial charge in [-0.25, -0.2) is 0 Å². The summed E-state index contributed by atoms with van der Waals surface area (Å²) in [7, 11) is 1.52. The quantitative estimate of drug-likeness (QED) is 0.759. The van der Waals surface area contributed by atoms with Crippen LogP contribution in [0.5, 0.6) is 5.75 Å². The first-order valence-corrected chi connectivity index (χ1v) is 8.92. The predicted octanol–water partition coefficient (Wildman–Crippen LogP) is 1.02. The first kappa shape index (κ1) is 19.7. The maximum Gasteiger partial charge on any atom is 0.325 e. The molecular weight excluding hydrogens is 366 g/mol. The van der Waals surface area contributed by atoms with E-state index in [0.29, 0.717) is 48.4 Å². The number of amides is 1. The van der Waals surface area contributed by atoms with Gasteiger partial charge in [-0.3, -0.25) is 19.3 Å². The molecule has 150 valence electrons. The number of carbonyl (C=O) groups is 3. The molecule has 1 atom stereocenters. The monoisotopic (exact) mass is 389 g/mol. The molecule has 0 saturated carbocycles. The SMILES string of the molecule is COc1ccc2c(c1)c([C@H](C(=O)O)N1CCN(C(C)=O)CC1)cn2CC(=O)O. The third-order valence-electron chi connectivity index (χ3n) is 5.08. The summed E-state index contributed by atoms with van der Waals surface area (Å²) in [6.07, 6.45) is 1.59. The van der Waals surface area contributed by atoms with E-state index in [-0.39, 0.29) is 12.5 Å². The number of fused-ring (bicyclic) bond motifs is 1. The van der Waals surface area contributed by atoms with Crippen LogP contribution >= 0.6 is 0 Å². The number of aromatic nitrogens is 1. The van der Waals surface area contributed by atoms with Crippen molar-refractivity contribution in [3.05, 3.63) is 30.0 Å². The van der Waals surface area contributed by atoms with Crippen molar-refractivity contribution < 1.29 is 29.3 Å². The number of carboxylic acid groups (broad SMARTS) is 2. The highest BCUT2D eigenvalue weighted by Gasteiger charge is 2.33. The minimum atomic E-state index is -1.02. The fraction of sp³-hybridized carbons (Fsp3) is 0.421. The third kappa shape index (κ3) is 3.79. The van der Waals surface area contributed by atoms with Crippen molar-refractivity contribution in [1.82, 2.24) is 14.4 Å². The number of ether oxygens (including phenoxy) is 1. The maximum atomic E-state index is 12.2. The largest absolute Gasteiger partial charge is 0.497 e. The van der Waals surface area contributed by atoms with Crippen molar-refractivity contribution in [3.63, 3.8) is 0 Å². The van der Waals surface area contributed by atoms with Crippen LogP contribution < -0.4 is 4.74 Å². The minimum absolute atomic E-state index is 0.0330. The Hall–Kier alpha value is -3.07. The zero-order valence-corrected chi connectivity index (χ0v) is 15.8. The van der Waals surface area contributed by atoms with Gasteiger partial charge in [0.05, 0.1) is 7.11 Å². The molecule has 0 radical (unpaired) electrons. The van der Waals surface area contributed by atoms with E-state index in [4.69, 9.17) is 4.74 Å². The van der Waals surface area contributed by atoms with Crippen LogP contribution in [0.2, 0.25) is 0 Å². The van der Waals surface area contributed by atoms with Gasteiger partial charge in [0.1, 0.15) is 18.3 Å². The van der Waals surface area contributed by atoms with Crippen molar-refractivity contribution in [2.75, 3.05) is 33.3 Å². The summed E-state index contributed by atoms with van der Waals surface area (Å²) < 4.78 is 6.80. The van der Waals surface area contributed by atoms with Crippen LogP contribution in [0.15, 0.2) is 24.4 Å². The number of hydrogen-bond donors (Lipinski definition) is 2. The second kappa shape index (κ2) is 7.89. The smallest absolute Gasteiger partial charge is 0.325 e.